The van der Waals surface area contributed by atoms with Gasteiger partial charge < -0.3 is 0 Å². The van der Waals surface area contributed by atoms with E-state index in [1.54, 1.807) is 12.1 Å². The SMILES string of the molecule is CCSc1nc(-c2ccc([N+](=O)[O-])cc2)nc2c1c(=O)n(C)c(=O)n2C. The van der Waals surface area contributed by atoms with Gasteiger partial charge in [0.15, 0.2) is 11.5 Å². The first-order chi connectivity index (χ1) is 12.3. The molecule has 0 spiro atoms. The third kappa shape index (κ3) is 2.88. The number of hydrogen-bond donors (Lipinski definition) is 0. The molecule has 0 saturated heterocycles. The van der Waals surface area contributed by atoms with Crippen LogP contribution < -0.4 is 11.2 Å². The number of aryl methyl sites for hydroxylation is 1. The molecule has 0 aliphatic heterocycles. The van der Waals surface area contributed by atoms with Gasteiger partial charge in [-0.3, -0.25) is 24.0 Å². The normalized spacial score (nSPS) is 11.0. The highest BCUT2D eigenvalue weighted by molar-refractivity contribution is 7.99. The van der Waals surface area contributed by atoms with Crippen molar-refractivity contribution in [3.8, 4) is 11.4 Å². The molecule has 2 heterocycles. The van der Waals surface area contributed by atoms with Gasteiger partial charge in [-0.05, 0) is 17.9 Å². The second-order valence-corrected chi connectivity index (χ2v) is 6.75. The Hall–Kier alpha value is -3.01. The van der Waals surface area contributed by atoms with E-state index in [0.29, 0.717) is 22.2 Å². The van der Waals surface area contributed by atoms with Crippen molar-refractivity contribution >= 4 is 28.5 Å². The number of rotatable bonds is 4. The summed E-state index contributed by atoms with van der Waals surface area (Å²) in [4.78, 5) is 43.9. The van der Waals surface area contributed by atoms with Crippen LogP contribution in [0, 0.1) is 10.1 Å². The van der Waals surface area contributed by atoms with Crippen LogP contribution in [0.4, 0.5) is 5.69 Å². The Morgan fingerprint density at radius 3 is 2.35 bits per heavy atom. The summed E-state index contributed by atoms with van der Waals surface area (Å²) in [5, 5.41) is 11.6. The fourth-order valence-electron chi connectivity index (χ4n) is 2.53. The zero-order chi connectivity index (χ0) is 19.0. The number of nitro groups is 1. The Morgan fingerprint density at radius 1 is 1.12 bits per heavy atom. The lowest BCUT2D eigenvalue weighted by Crippen LogP contribution is -2.37. The van der Waals surface area contributed by atoms with Gasteiger partial charge >= 0.3 is 5.69 Å². The lowest BCUT2D eigenvalue weighted by atomic mass is 10.2. The minimum absolute atomic E-state index is 0.0426. The maximum absolute atomic E-state index is 12.5. The van der Waals surface area contributed by atoms with E-state index in [2.05, 4.69) is 9.97 Å². The molecule has 10 heteroatoms. The Kier molecular flexibility index (Phi) is 4.60. The lowest BCUT2D eigenvalue weighted by Gasteiger charge is -2.11. The second kappa shape index (κ2) is 6.71. The topological polar surface area (TPSA) is 113 Å². The molecule has 0 aliphatic carbocycles. The predicted molar refractivity (Wildman–Crippen MR) is 98.5 cm³/mol. The van der Waals surface area contributed by atoms with E-state index in [1.807, 2.05) is 6.92 Å². The van der Waals surface area contributed by atoms with Crippen LogP contribution in [0.15, 0.2) is 38.9 Å². The van der Waals surface area contributed by atoms with Crippen LogP contribution in [0.5, 0.6) is 0 Å². The zero-order valence-corrected chi connectivity index (χ0v) is 15.1. The first-order valence-corrected chi connectivity index (χ1v) is 8.69. The molecule has 3 rings (SSSR count). The average molecular weight is 373 g/mol. The summed E-state index contributed by atoms with van der Waals surface area (Å²) in [6.07, 6.45) is 0. The van der Waals surface area contributed by atoms with Crippen molar-refractivity contribution in [2.24, 2.45) is 14.1 Å². The van der Waals surface area contributed by atoms with Crippen molar-refractivity contribution in [2.45, 2.75) is 11.9 Å². The highest BCUT2D eigenvalue weighted by Crippen LogP contribution is 2.26. The summed E-state index contributed by atoms with van der Waals surface area (Å²) in [6, 6.07) is 5.80. The maximum atomic E-state index is 12.5. The number of aromatic nitrogens is 4. The molecule has 9 nitrogen and oxygen atoms in total. The Morgan fingerprint density at radius 2 is 1.77 bits per heavy atom. The smallest absolute Gasteiger partial charge is 0.280 e. The van der Waals surface area contributed by atoms with Crippen LogP contribution in [-0.2, 0) is 14.1 Å². The van der Waals surface area contributed by atoms with Gasteiger partial charge in [0.1, 0.15) is 10.4 Å². The van der Waals surface area contributed by atoms with Gasteiger partial charge in [-0.25, -0.2) is 14.8 Å². The Bertz CT molecular complexity index is 1130. The predicted octanol–water partition coefficient (Wildman–Crippen LogP) is 1.71. The molecule has 0 fully saturated rings. The van der Waals surface area contributed by atoms with E-state index in [4.69, 9.17) is 0 Å². The maximum Gasteiger partial charge on any atom is 0.332 e. The van der Waals surface area contributed by atoms with Crippen LogP contribution in [0.25, 0.3) is 22.4 Å². The first-order valence-electron chi connectivity index (χ1n) is 7.70. The second-order valence-electron chi connectivity index (χ2n) is 5.49. The molecule has 1 aromatic carbocycles. The number of nitrogens with zero attached hydrogens (tertiary/aromatic N) is 5. The molecule has 0 N–H and O–H groups in total. The van der Waals surface area contributed by atoms with Gasteiger partial charge in [0.05, 0.1) is 4.92 Å². The van der Waals surface area contributed by atoms with Gasteiger partial charge in [-0.2, -0.15) is 0 Å². The summed E-state index contributed by atoms with van der Waals surface area (Å²) < 4.78 is 2.32. The standard InChI is InChI=1S/C16H15N5O4S/c1-4-26-14-11-13(19(2)16(23)20(3)15(11)22)17-12(18-14)9-5-7-10(8-6-9)21(24)25/h5-8H,4H2,1-3H3. The van der Waals surface area contributed by atoms with Crippen molar-refractivity contribution in [3.63, 3.8) is 0 Å². The summed E-state index contributed by atoms with van der Waals surface area (Å²) >= 11 is 1.37. The molecule has 0 atom stereocenters. The molecule has 0 unspecified atom stereocenters. The molecule has 3 aromatic rings. The number of benzene rings is 1. The van der Waals surface area contributed by atoms with Crippen LogP contribution in [-0.4, -0.2) is 29.8 Å². The van der Waals surface area contributed by atoms with Gasteiger partial charge in [0.25, 0.3) is 11.2 Å². The van der Waals surface area contributed by atoms with E-state index in [9.17, 15) is 19.7 Å². The molecular formula is C16H15N5O4S. The Labute approximate surface area is 151 Å². The number of hydrogen-bond acceptors (Lipinski definition) is 7. The number of non-ortho nitro benzene ring substituents is 1. The first kappa shape index (κ1) is 17.8. The highest BCUT2D eigenvalue weighted by Gasteiger charge is 2.18. The van der Waals surface area contributed by atoms with Gasteiger partial charge in [0.2, 0.25) is 0 Å². The lowest BCUT2D eigenvalue weighted by molar-refractivity contribution is -0.384. The summed E-state index contributed by atoms with van der Waals surface area (Å²) in [7, 11) is 2.95. The molecule has 0 amide bonds. The van der Waals surface area contributed by atoms with Crippen molar-refractivity contribution < 1.29 is 4.92 Å². The highest BCUT2D eigenvalue weighted by atomic mass is 32.2. The molecule has 134 valence electrons. The average Bonchev–Trinajstić information content (AvgIpc) is 2.64. The molecule has 26 heavy (non-hydrogen) atoms. The van der Waals surface area contributed by atoms with E-state index in [-0.39, 0.29) is 16.7 Å². The Balaban J connectivity index is 2.33. The van der Waals surface area contributed by atoms with E-state index >= 15 is 0 Å². The molecule has 0 bridgehead atoms. The molecular weight excluding hydrogens is 358 g/mol. The zero-order valence-electron chi connectivity index (χ0n) is 14.3. The van der Waals surface area contributed by atoms with Crippen LogP contribution in [0.2, 0.25) is 0 Å². The third-order valence-electron chi connectivity index (χ3n) is 3.88. The quantitative estimate of drug-likeness (QED) is 0.296. The largest absolute Gasteiger partial charge is 0.332 e. The van der Waals surface area contributed by atoms with E-state index < -0.39 is 16.2 Å². The number of thioether (sulfide) groups is 1. The van der Waals surface area contributed by atoms with Crippen LogP contribution >= 0.6 is 11.8 Å². The summed E-state index contributed by atoms with van der Waals surface area (Å²) in [5.74, 6) is 0.976. The molecule has 2 aromatic heterocycles. The van der Waals surface area contributed by atoms with Crippen molar-refractivity contribution in [1.82, 2.24) is 19.1 Å². The summed E-state index contributed by atoms with van der Waals surface area (Å²) in [6.45, 7) is 1.93. The van der Waals surface area contributed by atoms with Crippen LogP contribution in [0.1, 0.15) is 6.92 Å². The number of fused-ring (bicyclic) bond motifs is 1. The fourth-order valence-corrected chi connectivity index (χ4v) is 3.28. The van der Waals surface area contributed by atoms with E-state index in [1.165, 1.54) is 42.6 Å². The third-order valence-corrected chi connectivity index (χ3v) is 4.74. The van der Waals surface area contributed by atoms with Gasteiger partial charge in [-0.1, -0.05) is 6.92 Å². The molecule has 0 saturated carbocycles. The monoisotopic (exact) mass is 373 g/mol. The molecule has 0 aliphatic rings. The fraction of sp³-hybridized carbons (Fsp3) is 0.250. The van der Waals surface area contributed by atoms with Gasteiger partial charge in [0, 0.05) is 31.8 Å². The minimum atomic E-state index is -0.489. The molecule has 0 radical (unpaired) electrons. The number of nitro benzene ring substituents is 1. The van der Waals surface area contributed by atoms with Crippen molar-refractivity contribution in [2.75, 3.05) is 5.75 Å². The summed E-state index contributed by atoms with van der Waals surface area (Å²) in [5.41, 5.74) is -0.183. The van der Waals surface area contributed by atoms with Crippen molar-refractivity contribution in [1.29, 1.82) is 0 Å². The van der Waals surface area contributed by atoms with E-state index in [0.717, 1.165) is 4.57 Å². The van der Waals surface area contributed by atoms with Crippen LogP contribution in [0.3, 0.4) is 0 Å². The van der Waals surface area contributed by atoms with Gasteiger partial charge in [-0.15, -0.1) is 11.8 Å². The minimum Gasteiger partial charge on any atom is -0.280 e. The van der Waals surface area contributed by atoms with Crippen molar-refractivity contribution in [3.05, 3.63) is 55.2 Å².